The van der Waals surface area contributed by atoms with Crippen LogP contribution < -0.4 is 15.9 Å². The van der Waals surface area contributed by atoms with Gasteiger partial charge in [0.05, 0.1) is 23.2 Å². The van der Waals surface area contributed by atoms with Crippen LogP contribution in [0.3, 0.4) is 0 Å². The van der Waals surface area contributed by atoms with Gasteiger partial charge in [-0.2, -0.15) is 13.2 Å². The molecule has 3 rings (SSSR count). The Labute approximate surface area is 154 Å². The molecule has 0 radical (unpaired) electrons. The van der Waals surface area contributed by atoms with E-state index in [0.29, 0.717) is 6.07 Å². The zero-order valence-electron chi connectivity index (χ0n) is 14.3. The van der Waals surface area contributed by atoms with E-state index < -0.39 is 34.6 Å². The van der Waals surface area contributed by atoms with E-state index in [1.807, 2.05) is 0 Å². The molecule has 0 amide bonds. The summed E-state index contributed by atoms with van der Waals surface area (Å²) in [5.41, 5.74) is -3.22. The molecule has 10 heteroatoms. The Bertz CT molecular complexity index is 1150. The van der Waals surface area contributed by atoms with Crippen LogP contribution in [0.1, 0.15) is 22.8 Å². The fraction of sp³-hybridized carbons (Fsp3) is 0.167. The van der Waals surface area contributed by atoms with Crippen molar-refractivity contribution in [3.05, 3.63) is 68.2 Å². The highest BCUT2D eigenvalue weighted by atomic mass is 19.4. The number of benzene rings is 2. The standard InChI is InChI=1S/C18H13F3N2O5/c1-2-27-17(26)9-3-5-10(6-4-9)28-14-8-13-12(7-11(14)18(19,20)21)22-15(24)16(25)23-13/h3-8H,2H2,1H3,(H,22,24)(H,23,25). The van der Waals surface area contributed by atoms with E-state index in [9.17, 15) is 27.6 Å². The van der Waals surface area contributed by atoms with Gasteiger partial charge in [0.2, 0.25) is 0 Å². The molecular formula is C18H13F3N2O5. The zero-order chi connectivity index (χ0) is 20.5. The number of nitrogens with one attached hydrogen (secondary N) is 2. The molecular weight excluding hydrogens is 381 g/mol. The second-order valence-electron chi connectivity index (χ2n) is 5.65. The van der Waals surface area contributed by atoms with Gasteiger partial charge < -0.3 is 19.4 Å². The molecule has 0 aliphatic heterocycles. The SMILES string of the molecule is CCOC(=O)c1ccc(Oc2cc3[nH]c(=O)c(=O)[nH]c3cc2C(F)(F)F)cc1. The van der Waals surface area contributed by atoms with Gasteiger partial charge in [0.25, 0.3) is 0 Å². The van der Waals surface area contributed by atoms with Gasteiger partial charge in [0.1, 0.15) is 17.1 Å². The maximum Gasteiger partial charge on any atom is 0.420 e. The lowest BCUT2D eigenvalue weighted by atomic mass is 10.1. The Morgan fingerprint density at radius 1 is 1.00 bits per heavy atom. The van der Waals surface area contributed by atoms with Crippen LogP contribution in [0.5, 0.6) is 11.5 Å². The molecule has 1 aromatic heterocycles. The number of carbonyl (C=O) groups excluding carboxylic acids is 1. The van der Waals surface area contributed by atoms with E-state index in [1.165, 1.54) is 24.3 Å². The number of alkyl halides is 3. The van der Waals surface area contributed by atoms with Crippen molar-refractivity contribution in [2.45, 2.75) is 13.1 Å². The summed E-state index contributed by atoms with van der Waals surface area (Å²) >= 11 is 0. The maximum atomic E-state index is 13.4. The summed E-state index contributed by atoms with van der Waals surface area (Å²) in [6.07, 6.45) is -4.78. The van der Waals surface area contributed by atoms with Crippen LogP contribution in [0.15, 0.2) is 46.0 Å². The number of halogens is 3. The normalized spacial score (nSPS) is 11.4. The Kier molecular flexibility index (Phi) is 4.95. The number of aromatic amines is 2. The van der Waals surface area contributed by atoms with E-state index in [4.69, 9.17) is 9.47 Å². The van der Waals surface area contributed by atoms with Crippen molar-refractivity contribution in [2.75, 3.05) is 6.61 Å². The van der Waals surface area contributed by atoms with E-state index in [2.05, 4.69) is 9.97 Å². The van der Waals surface area contributed by atoms with E-state index >= 15 is 0 Å². The van der Waals surface area contributed by atoms with E-state index in [1.54, 1.807) is 6.92 Å². The number of hydrogen-bond donors (Lipinski definition) is 2. The third-order valence-electron chi connectivity index (χ3n) is 3.72. The van der Waals surface area contributed by atoms with Crippen LogP contribution in [0.4, 0.5) is 13.2 Å². The van der Waals surface area contributed by atoms with E-state index in [-0.39, 0.29) is 29.0 Å². The molecule has 146 valence electrons. The highest BCUT2D eigenvalue weighted by Crippen LogP contribution is 2.39. The molecule has 0 saturated carbocycles. The van der Waals surface area contributed by atoms with Crippen LogP contribution in [0.2, 0.25) is 0 Å². The van der Waals surface area contributed by atoms with Gasteiger partial charge in [-0.05, 0) is 37.3 Å². The van der Waals surface area contributed by atoms with Crippen molar-refractivity contribution < 1.29 is 27.4 Å². The smallest absolute Gasteiger partial charge is 0.420 e. The lowest BCUT2D eigenvalue weighted by Gasteiger charge is -2.15. The van der Waals surface area contributed by atoms with Crippen LogP contribution >= 0.6 is 0 Å². The minimum Gasteiger partial charge on any atom is -0.462 e. The second kappa shape index (κ2) is 7.22. The molecule has 7 nitrogen and oxygen atoms in total. The van der Waals surface area contributed by atoms with Gasteiger partial charge in [-0.25, -0.2) is 4.79 Å². The molecule has 3 aromatic rings. The first-order valence-electron chi connectivity index (χ1n) is 8.01. The molecule has 28 heavy (non-hydrogen) atoms. The number of ether oxygens (including phenoxy) is 2. The van der Waals surface area contributed by atoms with Crippen LogP contribution in [0.25, 0.3) is 11.0 Å². The molecule has 0 fully saturated rings. The summed E-state index contributed by atoms with van der Waals surface area (Å²) in [5.74, 6) is -1.12. The lowest BCUT2D eigenvalue weighted by molar-refractivity contribution is -0.138. The Morgan fingerprint density at radius 2 is 1.57 bits per heavy atom. The highest BCUT2D eigenvalue weighted by Gasteiger charge is 2.35. The largest absolute Gasteiger partial charge is 0.462 e. The topological polar surface area (TPSA) is 101 Å². The van der Waals surface area contributed by atoms with Gasteiger partial charge in [-0.15, -0.1) is 0 Å². The highest BCUT2D eigenvalue weighted by molar-refractivity contribution is 5.89. The first kappa shape index (κ1) is 19.2. The fourth-order valence-electron chi connectivity index (χ4n) is 2.45. The van der Waals surface area contributed by atoms with Crippen molar-refractivity contribution in [1.29, 1.82) is 0 Å². The van der Waals surface area contributed by atoms with Gasteiger partial charge in [-0.1, -0.05) is 0 Å². The number of aromatic nitrogens is 2. The minimum absolute atomic E-state index is 0.0317. The first-order valence-corrected chi connectivity index (χ1v) is 8.01. The third kappa shape index (κ3) is 3.90. The van der Waals surface area contributed by atoms with Gasteiger partial charge in [0.15, 0.2) is 0 Å². The van der Waals surface area contributed by atoms with Crippen LogP contribution in [-0.2, 0) is 10.9 Å². The summed E-state index contributed by atoms with van der Waals surface area (Å²) in [6.45, 7) is 1.83. The first-order chi connectivity index (χ1) is 13.2. The van der Waals surface area contributed by atoms with Crippen molar-refractivity contribution in [3.63, 3.8) is 0 Å². The zero-order valence-corrected chi connectivity index (χ0v) is 14.3. The molecule has 0 spiro atoms. The summed E-state index contributed by atoms with van der Waals surface area (Å²) in [6, 6.07) is 6.96. The fourth-order valence-corrected chi connectivity index (χ4v) is 2.45. The maximum absolute atomic E-state index is 13.4. The van der Waals surface area contributed by atoms with Crippen LogP contribution in [0, 0.1) is 0 Å². The van der Waals surface area contributed by atoms with E-state index in [0.717, 1.165) is 6.07 Å². The molecule has 2 aromatic carbocycles. The molecule has 0 saturated heterocycles. The Morgan fingerprint density at radius 3 is 2.11 bits per heavy atom. The molecule has 1 heterocycles. The lowest BCUT2D eigenvalue weighted by Crippen LogP contribution is -2.29. The molecule has 0 unspecified atom stereocenters. The summed E-state index contributed by atoms with van der Waals surface area (Å²) in [4.78, 5) is 38.7. The van der Waals surface area contributed by atoms with Crippen molar-refractivity contribution in [1.82, 2.24) is 9.97 Å². The molecule has 0 bridgehead atoms. The van der Waals surface area contributed by atoms with Crippen molar-refractivity contribution in [2.24, 2.45) is 0 Å². The van der Waals surface area contributed by atoms with Crippen molar-refractivity contribution >= 4 is 17.0 Å². The molecule has 0 aliphatic rings. The summed E-state index contributed by atoms with van der Waals surface area (Å²) in [7, 11) is 0. The number of rotatable bonds is 4. The number of esters is 1. The number of H-pyrrole nitrogens is 2. The number of fused-ring (bicyclic) bond motifs is 1. The van der Waals surface area contributed by atoms with Gasteiger partial charge in [-0.3, -0.25) is 9.59 Å². The van der Waals surface area contributed by atoms with Gasteiger partial charge >= 0.3 is 23.3 Å². The number of hydrogen-bond acceptors (Lipinski definition) is 5. The second-order valence-corrected chi connectivity index (χ2v) is 5.65. The average Bonchev–Trinajstić information content (AvgIpc) is 2.62. The summed E-state index contributed by atoms with van der Waals surface area (Å²) in [5, 5.41) is 0. The quantitative estimate of drug-likeness (QED) is 0.523. The molecule has 2 N–H and O–H groups in total. The Hall–Kier alpha value is -3.56. The number of carbonyl (C=O) groups is 1. The van der Waals surface area contributed by atoms with Gasteiger partial charge in [0, 0.05) is 6.07 Å². The Balaban J connectivity index is 2.03. The predicted octanol–water partition coefficient (Wildman–Crippen LogP) is 3.20. The summed E-state index contributed by atoms with van der Waals surface area (Å²) < 4.78 is 50.4. The monoisotopic (exact) mass is 394 g/mol. The average molecular weight is 394 g/mol. The third-order valence-corrected chi connectivity index (χ3v) is 3.72. The molecule has 0 atom stereocenters. The van der Waals surface area contributed by atoms with Crippen LogP contribution in [-0.4, -0.2) is 22.5 Å². The molecule has 0 aliphatic carbocycles. The predicted molar refractivity (Wildman–Crippen MR) is 92.7 cm³/mol. The van der Waals surface area contributed by atoms with Crippen molar-refractivity contribution in [3.8, 4) is 11.5 Å². The minimum atomic E-state index is -4.78.